The van der Waals surface area contributed by atoms with E-state index in [-0.39, 0.29) is 24.5 Å². The van der Waals surface area contributed by atoms with Gasteiger partial charge in [-0.3, -0.25) is 19.4 Å². The highest BCUT2D eigenvalue weighted by atomic mass is 16.5. The van der Waals surface area contributed by atoms with Crippen LogP contribution in [0.25, 0.3) is 11.3 Å². The number of nitrogens with one attached hydrogen (secondary N) is 1. The van der Waals surface area contributed by atoms with Crippen LogP contribution >= 0.6 is 0 Å². The van der Waals surface area contributed by atoms with Gasteiger partial charge in [0.1, 0.15) is 12.6 Å². The molecule has 9 nitrogen and oxygen atoms in total. The smallest absolute Gasteiger partial charge is 0.302 e. The van der Waals surface area contributed by atoms with Crippen molar-refractivity contribution in [2.24, 2.45) is 11.1 Å². The number of carbonyl (C=O) groups excluding carboxylic acids is 3. The highest BCUT2D eigenvalue weighted by molar-refractivity contribution is 5.90. The first-order valence-corrected chi connectivity index (χ1v) is 15.9. The van der Waals surface area contributed by atoms with Crippen LogP contribution in [0.5, 0.6) is 0 Å². The number of amides is 2. The number of rotatable bonds is 14. The monoisotopic (exact) mass is 626 g/mol. The molecule has 3 aromatic rings. The molecule has 46 heavy (non-hydrogen) atoms. The molecule has 0 radical (unpaired) electrons. The summed E-state index contributed by atoms with van der Waals surface area (Å²) >= 11 is 0. The second kappa shape index (κ2) is 16.3. The molecule has 2 amide bonds. The van der Waals surface area contributed by atoms with E-state index in [0.717, 1.165) is 35.2 Å². The number of hydrogen-bond acceptors (Lipinski definition) is 7. The van der Waals surface area contributed by atoms with Gasteiger partial charge >= 0.3 is 5.97 Å². The van der Waals surface area contributed by atoms with Crippen LogP contribution in [0.4, 0.5) is 0 Å². The number of benzene rings is 2. The fraction of sp³-hybridized carbons (Fsp3) is 0.405. The molecule has 3 N–H and O–H groups in total. The lowest BCUT2D eigenvalue weighted by atomic mass is 9.83. The Morgan fingerprint density at radius 1 is 1.07 bits per heavy atom. The molecule has 0 aliphatic carbocycles. The molecule has 0 spiro atoms. The zero-order valence-electron chi connectivity index (χ0n) is 27.2. The van der Waals surface area contributed by atoms with Crippen LogP contribution in [0.3, 0.4) is 0 Å². The van der Waals surface area contributed by atoms with Crippen molar-refractivity contribution in [3.8, 4) is 11.3 Å². The molecule has 0 saturated carbocycles. The molecule has 2 aromatic carbocycles. The Hall–Kier alpha value is -4.34. The zero-order valence-corrected chi connectivity index (χ0v) is 27.2. The van der Waals surface area contributed by atoms with E-state index in [1.54, 1.807) is 24.9 Å². The van der Waals surface area contributed by atoms with Crippen molar-refractivity contribution >= 4 is 17.8 Å². The van der Waals surface area contributed by atoms with E-state index in [0.29, 0.717) is 19.6 Å². The van der Waals surface area contributed by atoms with Gasteiger partial charge in [0, 0.05) is 30.6 Å². The molecule has 1 fully saturated rings. The van der Waals surface area contributed by atoms with Crippen molar-refractivity contribution in [3.05, 3.63) is 102 Å². The molecule has 1 aliphatic rings. The lowest BCUT2D eigenvalue weighted by molar-refractivity contribution is -0.143. The summed E-state index contributed by atoms with van der Waals surface area (Å²) < 4.78 is 11.6. The van der Waals surface area contributed by atoms with Crippen molar-refractivity contribution in [3.63, 3.8) is 0 Å². The molecule has 1 saturated heterocycles. The average Bonchev–Trinajstić information content (AvgIpc) is 3.54. The Labute approximate surface area is 272 Å². The minimum atomic E-state index is -0.905. The lowest BCUT2D eigenvalue weighted by Crippen LogP contribution is -2.57. The van der Waals surface area contributed by atoms with E-state index in [4.69, 9.17) is 15.2 Å². The summed E-state index contributed by atoms with van der Waals surface area (Å²) in [5, 5.41) is 2.84. The molecular formula is C37H46N4O5. The van der Waals surface area contributed by atoms with Crippen LogP contribution in [0, 0.1) is 5.41 Å². The van der Waals surface area contributed by atoms with Gasteiger partial charge in [0.2, 0.25) is 11.8 Å². The van der Waals surface area contributed by atoms with Gasteiger partial charge in [-0.25, -0.2) is 0 Å². The molecular weight excluding hydrogens is 580 g/mol. The predicted octanol–water partition coefficient (Wildman–Crippen LogP) is 4.85. The number of esters is 1. The number of likely N-dealkylation sites (tertiary alicyclic amines) is 1. The summed E-state index contributed by atoms with van der Waals surface area (Å²) in [5.41, 5.74) is 9.25. The van der Waals surface area contributed by atoms with Crippen LogP contribution in [-0.4, -0.2) is 65.0 Å². The third-order valence-corrected chi connectivity index (χ3v) is 8.21. The first kappa shape index (κ1) is 34.5. The second-order valence-electron chi connectivity index (χ2n) is 12.4. The summed E-state index contributed by atoms with van der Waals surface area (Å²) in [5.74, 6) is -0.982. The van der Waals surface area contributed by atoms with E-state index in [1.165, 1.54) is 6.92 Å². The van der Waals surface area contributed by atoms with Crippen molar-refractivity contribution in [1.82, 2.24) is 15.2 Å². The van der Waals surface area contributed by atoms with Gasteiger partial charge in [0.25, 0.3) is 0 Å². The van der Waals surface area contributed by atoms with Crippen molar-refractivity contribution in [1.29, 1.82) is 0 Å². The van der Waals surface area contributed by atoms with Gasteiger partial charge < -0.3 is 25.4 Å². The van der Waals surface area contributed by atoms with E-state index >= 15 is 0 Å². The quantitative estimate of drug-likeness (QED) is 0.194. The van der Waals surface area contributed by atoms with Crippen molar-refractivity contribution in [2.75, 3.05) is 13.2 Å². The normalized spacial score (nSPS) is 18.0. The highest BCUT2D eigenvalue weighted by Crippen LogP contribution is 2.30. The number of ether oxygens (including phenoxy) is 2. The largest absolute Gasteiger partial charge is 0.465 e. The van der Waals surface area contributed by atoms with Crippen LogP contribution in [0.1, 0.15) is 51.7 Å². The fourth-order valence-electron chi connectivity index (χ4n) is 5.62. The third kappa shape index (κ3) is 9.83. The number of aromatic nitrogens is 1. The summed E-state index contributed by atoms with van der Waals surface area (Å²) in [6.07, 6.45) is 7.47. The molecule has 1 aliphatic heterocycles. The highest BCUT2D eigenvalue weighted by Gasteiger charge is 2.37. The summed E-state index contributed by atoms with van der Waals surface area (Å²) in [4.78, 5) is 44.9. The molecule has 9 heteroatoms. The molecule has 1 aromatic heterocycles. The summed E-state index contributed by atoms with van der Waals surface area (Å²) in [6.45, 7) is 7.88. The standard InChI is InChI=1S/C37H46N4O5/c1-26(38)35(43)40-34(27(2)45-24-29-12-6-5-7-13-29)36(44)41-21-11-16-32(41)18-19-37(4,25-46-28(3)42)23-30-14-10-15-31(22-30)33-17-8-9-20-39-33/h5-10,12-15,17-20,22,26-27,32,34H,11,16,21,23-25,38H2,1-4H3,(H,40,43)/t26-,27+,32-,34-,37-/m0/s1. The van der Waals surface area contributed by atoms with Crippen LogP contribution in [-0.2, 0) is 36.9 Å². The minimum Gasteiger partial charge on any atom is -0.465 e. The van der Waals surface area contributed by atoms with E-state index in [2.05, 4.69) is 28.5 Å². The first-order chi connectivity index (χ1) is 22.0. The van der Waals surface area contributed by atoms with Crippen molar-refractivity contribution < 1.29 is 23.9 Å². The van der Waals surface area contributed by atoms with Crippen LogP contribution < -0.4 is 11.1 Å². The predicted molar refractivity (Wildman–Crippen MR) is 178 cm³/mol. The van der Waals surface area contributed by atoms with E-state index < -0.39 is 29.5 Å². The Bertz CT molecular complexity index is 1480. The molecule has 4 rings (SSSR count). The first-order valence-electron chi connectivity index (χ1n) is 15.9. The van der Waals surface area contributed by atoms with Gasteiger partial charge in [0.05, 0.1) is 30.5 Å². The maximum atomic E-state index is 14.1. The van der Waals surface area contributed by atoms with Gasteiger partial charge in [0.15, 0.2) is 0 Å². The molecule has 244 valence electrons. The van der Waals surface area contributed by atoms with E-state index in [1.807, 2.05) is 73.7 Å². The average molecular weight is 627 g/mol. The van der Waals surface area contributed by atoms with Gasteiger partial charge in [-0.1, -0.05) is 73.7 Å². The van der Waals surface area contributed by atoms with Crippen LogP contribution in [0.2, 0.25) is 0 Å². The van der Waals surface area contributed by atoms with Crippen molar-refractivity contribution in [2.45, 2.75) is 77.8 Å². The number of pyridine rings is 1. The lowest BCUT2D eigenvalue weighted by Gasteiger charge is -2.32. The van der Waals surface area contributed by atoms with Crippen LogP contribution in [0.15, 0.2) is 91.1 Å². The Balaban J connectivity index is 1.53. The molecule has 5 atom stereocenters. The van der Waals surface area contributed by atoms with Gasteiger partial charge in [-0.15, -0.1) is 0 Å². The molecule has 0 unspecified atom stereocenters. The number of nitrogens with zero attached hydrogens (tertiary/aromatic N) is 2. The Morgan fingerprint density at radius 3 is 2.50 bits per heavy atom. The topological polar surface area (TPSA) is 124 Å². The summed E-state index contributed by atoms with van der Waals surface area (Å²) in [6, 6.07) is 21.8. The third-order valence-electron chi connectivity index (χ3n) is 8.21. The van der Waals surface area contributed by atoms with Gasteiger partial charge in [-0.2, -0.15) is 0 Å². The molecule has 0 bridgehead atoms. The number of hydrogen-bond donors (Lipinski definition) is 2. The second-order valence-corrected chi connectivity index (χ2v) is 12.4. The number of nitrogens with two attached hydrogens (primary N) is 1. The summed E-state index contributed by atoms with van der Waals surface area (Å²) in [7, 11) is 0. The van der Waals surface area contributed by atoms with Gasteiger partial charge in [-0.05, 0) is 62.4 Å². The zero-order chi connectivity index (χ0) is 33.1. The Kier molecular flexibility index (Phi) is 12.2. The fourth-order valence-corrected chi connectivity index (χ4v) is 5.62. The SMILES string of the molecule is CC(=O)OC[C@@](C)(C=C[C@@H]1CCCN1C(=O)[C@@H](NC(=O)[C@H](C)N)[C@@H](C)OCc1ccccc1)Cc1cccc(-c2ccccn2)c1. The number of carbonyl (C=O) groups is 3. The molecule has 2 heterocycles. The Morgan fingerprint density at radius 2 is 1.80 bits per heavy atom. The van der Waals surface area contributed by atoms with E-state index in [9.17, 15) is 14.4 Å². The maximum Gasteiger partial charge on any atom is 0.302 e. The maximum absolute atomic E-state index is 14.1. The minimum absolute atomic E-state index is 0.185.